The molecule has 0 aromatic heterocycles. The van der Waals surface area contributed by atoms with E-state index in [2.05, 4.69) is 4.74 Å². The fourth-order valence-electron chi connectivity index (χ4n) is 1.79. The molecule has 116 valence electrons. The van der Waals surface area contributed by atoms with Crippen molar-refractivity contribution >= 4 is 23.5 Å². The number of likely N-dealkylation sites (N-methyl/N-ethyl adjacent to an activating group) is 1. The van der Waals surface area contributed by atoms with Gasteiger partial charge in [0.1, 0.15) is 5.75 Å². The highest BCUT2D eigenvalue weighted by molar-refractivity contribution is 6.32. The van der Waals surface area contributed by atoms with Gasteiger partial charge >= 0.3 is 5.97 Å². The second kappa shape index (κ2) is 8.52. The van der Waals surface area contributed by atoms with Crippen LogP contribution in [0.3, 0.4) is 0 Å². The summed E-state index contributed by atoms with van der Waals surface area (Å²) in [4.78, 5) is 25.0. The largest absolute Gasteiger partial charge is 0.479 e. The van der Waals surface area contributed by atoms with Crippen molar-refractivity contribution in [2.24, 2.45) is 0 Å². The van der Waals surface area contributed by atoms with E-state index >= 15 is 0 Å². The van der Waals surface area contributed by atoms with Gasteiger partial charge < -0.3 is 14.4 Å². The van der Waals surface area contributed by atoms with E-state index in [0.29, 0.717) is 23.9 Å². The van der Waals surface area contributed by atoms with E-state index in [1.54, 1.807) is 36.1 Å². The van der Waals surface area contributed by atoms with Crippen LogP contribution in [0.15, 0.2) is 24.3 Å². The molecule has 0 N–H and O–H groups in total. The number of carbonyl (C=O) groups excluding carboxylic acids is 2. The first kappa shape index (κ1) is 17.3. The topological polar surface area (TPSA) is 55.8 Å². The van der Waals surface area contributed by atoms with Gasteiger partial charge in [-0.15, -0.1) is 0 Å². The molecule has 0 aliphatic carbocycles. The van der Waals surface area contributed by atoms with Crippen molar-refractivity contribution < 1.29 is 19.1 Å². The van der Waals surface area contributed by atoms with Crippen molar-refractivity contribution in [1.29, 1.82) is 0 Å². The molecule has 1 atom stereocenters. The van der Waals surface area contributed by atoms with Crippen LogP contribution in [0, 0.1) is 0 Å². The van der Waals surface area contributed by atoms with E-state index in [1.165, 1.54) is 7.11 Å². The number of hydrogen-bond donors (Lipinski definition) is 0. The molecule has 0 heterocycles. The van der Waals surface area contributed by atoms with Crippen molar-refractivity contribution in [2.45, 2.75) is 26.4 Å². The van der Waals surface area contributed by atoms with E-state index < -0.39 is 6.10 Å². The van der Waals surface area contributed by atoms with Gasteiger partial charge in [-0.2, -0.15) is 0 Å². The number of nitrogens with zero attached hydrogens (tertiary/aromatic N) is 1. The first-order valence-corrected chi connectivity index (χ1v) is 7.14. The number of hydrogen-bond acceptors (Lipinski definition) is 4. The average molecular weight is 314 g/mol. The predicted molar refractivity (Wildman–Crippen MR) is 80.4 cm³/mol. The number of ether oxygens (including phenoxy) is 2. The third-order valence-corrected chi connectivity index (χ3v) is 3.31. The quantitative estimate of drug-likeness (QED) is 0.726. The van der Waals surface area contributed by atoms with Crippen LogP contribution in [0.25, 0.3) is 0 Å². The fourth-order valence-corrected chi connectivity index (χ4v) is 1.97. The molecular formula is C15H20ClNO4. The molecule has 0 aliphatic heterocycles. The predicted octanol–water partition coefficient (Wildman–Crippen LogP) is 2.52. The highest BCUT2D eigenvalue weighted by Gasteiger charge is 2.22. The summed E-state index contributed by atoms with van der Waals surface area (Å²) in [6.07, 6.45) is -0.517. The number of halogens is 1. The van der Waals surface area contributed by atoms with Gasteiger partial charge in [-0.1, -0.05) is 23.7 Å². The molecule has 6 heteroatoms. The monoisotopic (exact) mass is 313 g/mol. The lowest BCUT2D eigenvalue weighted by Crippen LogP contribution is -2.41. The van der Waals surface area contributed by atoms with E-state index in [4.69, 9.17) is 16.3 Å². The molecule has 5 nitrogen and oxygen atoms in total. The lowest BCUT2D eigenvalue weighted by atomic mass is 10.3. The van der Waals surface area contributed by atoms with Gasteiger partial charge in [0.15, 0.2) is 6.10 Å². The Morgan fingerprint density at radius 3 is 2.57 bits per heavy atom. The number of esters is 1. The lowest BCUT2D eigenvalue weighted by molar-refractivity contribution is -0.143. The summed E-state index contributed by atoms with van der Waals surface area (Å²) in [5.41, 5.74) is 0. The van der Waals surface area contributed by atoms with Gasteiger partial charge in [0.2, 0.25) is 0 Å². The summed E-state index contributed by atoms with van der Waals surface area (Å²) in [7, 11) is 1.32. The van der Waals surface area contributed by atoms with Gasteiger partial charge in [0.25, 0.3) is 5.91 Å². The Labute approximate surface area is 129 Å². The zero-order chi connectivity index (χ0) is 15.8. The van der Waals surface area contributed by atoms with Crippen LogP contribution < -0.4 is 4.74 Å². The molecule has 0 aliphatic rings. The Balaban J connectivity index is 2.62. The van der Waals surface area contributed by atoms with E-state index in [-0.39, 0.29) is 18.3 Å². The molecule has 0 spiro atoms. The Morgan fingerprint density at radius 1 is 1.33 bits per heavy atom. The maximum absolute atomic E-state index is 12.3. The van der Waals surface area contributed by atoms with Gasteiger partial charge in [-0.05, 0) is 26.0 Å². The van der Waals surface area contributed by atoms with Crippen molar-refractivity contribution in [1.82, 2.24) is 4.90 Å². The average Bonchev–Trinajstić information content (AvgIpc) is 2.49. The minimum atomic E-state index is -0.678. The second-order valence-corrected chi connectivity index (χ2v) is 4.84. The molecule has 0 radical (unpaired) electrons. The standard InChI is InChI=1S/C15H20ClNO4/c1-4-17(10-9-14(18)20-3)15(19)11(2)21-13-8-6-5-7-12(13)16/h5-8,11H,4,9-10H2,1-3H3. The van der Waals surface area contributed by atoms with Gasteiger partial charge in [0, 0.05) is 13.1 Å². The summed E-state index contributed by atoms with van der Waals surface area (Å²) in [5.74, 6) is -0.0775. The minimum absolute atomic E-state index is 0.162. The first-order valence-electron chi connectivity index (χ1n) is 6.76. The molecule has 0 fully saturated rings. The van der Waals surface area contributed by atoms with Gasteiger partial charge in [-0.3, -0.25) is 9.59 Å². The van der Waals surface area contributed by atoms with Crippen LogP contribution in [0.1, 0.15) is 20.3 Å². The zero-order valence-electron chi connectivity index (χ0n) is 12.5. The first-order chi connectivity index (χ1) is 9.99. The number of carbonyl (C=O) groups is 2. The van der Waals surface area contributed by atoms with Crippen molar-refractivity contribution in [3.05, 3.63) is 29.3 Å². The maximum Gasteiger partial charge on any atom is 0.307 e. The fraction of sp³-hybridized carbons (Fsp3) is 0.467. The van der Waals surface area contributed by atoms with Crippen molar-refractivity contribution in [3.63, 3.8) is 0 Å². The number of rotatable bonds is 7. The summed E-state index contributed by atoms with van der Waals surface area (Å²) >= 11 is 6.00. The van der Waals surface area contributed by atoms with E-state index in [1.807, 2.05) is 6.92 Å². The summed E-state index contributed by atoms with van der Waals surface area (Å²) in [6.45, 7) is 4.30. The molecule has 1 aromatic rings. The molecule has 0 saturated carbocycles. The number of para-hydroxylation sites is 1. The molecule has 0 saturated heterocycles. The molecular weight excluding hydrogens is 294 g/mol. The van der Waals surface area contributed by atoms with Crippen LogP contribution >= 0.6 is 11.6 Å². The molecule has 1 aromatic carbocycles. The maximum atomic E-state index is 12.3. The lowest BCUT2D eigenvalue weighted by Gasteiger charge is -2.24. The highest BCUT2D eigenvalue weighted by atomic mass is 35.5. The third kappa shape index (κ3) is 5.27. The number of benzene rings is 1. The van der Waals surface area contributed by atoms with Crippen LogP contribution in [-0.4, -0.2) is 43.1 Å². The summed E-state index contributed by atoms with van der Waals surface area (Å²) in [6, 6.07) is 6.98. The Morgan fingerprint density at radius 2 is 2.00 bits per heavy atom. The second-order valence-electron chi connectivity index (χ2n) is 4.43. The smallest absolute Gasteiger partial charge is 0.307 e. The van der Waals surface area contributed by atoms with E-state index in [9.17, 15) is 9.59 Å². The van der Waals surface area contributed by atoms with Gasteiger partial charge in [0.05, 0.1) is 18.6 Å². The minimum Gasteiger partial charge on any atom is -0.479 e. The van der Waals surface area contributed by atoms with Crippen LogP contribution in [0.4, 0.5) is 0 Å². The zero-order valence-corrected chi connectivity index (χ0v) is 13.2. The summed E-state index contributed by atoms with van der Waals surface area (Å²) in [5, 5.41) is 0.453. The van der Waals surface area contributed by atoms with Crippen LogP contribution in [0.5, 0.6) is 5.75 Å². The van der Waals surface area contributed by atoms with Crippen molar-refractivity contribution in [2.75, 3.05) is 20.2 Å². The van der Waals surface area contributed by atoms with Crippen molar-refractivity contribution in [3.8, 4) is 5.75 Å². The molecule has 1 amide bonds. The normalized spacial score (nSPS) is 11.6. The highest BCUT2D eigenvalue weighted by Crippen LogP contribution is 2.24. The van der Waals surface area contributed by atoms with Gasteiger partial charge in [-0.25, -0.2) is 0 Å². The summed E-state index contributed by atoms with van der Waals surface area (Å²) < 4.78 is 10.2. The molecule has 1 unspecified atom stereocenters. The molecule has 0 bridgehead atoms. The Bertz CT molecular complexity index is 492. The van der Waals surface area contributed by atoms with Crippen LogP contribution in [0.2, 0.25) is 5.02 Å². The van der Waals surface area contributed by atoms with E-state index in [0.717, 1.165) is 0 Å². The Kier molecular flexibility index (Phi) is 7.02. The number of amides is 1. The van der Waals surface area contributed by atoms with Crippen LogP contribution in [-0.2, 0) is 14.3 Å². The molecule has 1 rings (SSSR count). The SMILES string of the molecule is CCN(CCC(=O)OC)C(=O)C(C)Oc1ccccc1Cl. The number of methoxy groups -OCH3 is 1. The third-order valence-electron chi connectivity index (χ3n) is 3.00. The molecule has 21 heavy (non-hydrogen) atoms. The Hall–Kier alpha value is -1.75.